The van der Waals surface area contributed by atoms with Crippen LogP contribution in [0.4, 0.5) is 0 Å². The van der Waals surface area contributed by atoms with E-state index in [4.69, 9.17) is 10.1 Å². The second kappa shape index (κ2) is 5.62. The molecule has 0 aromatic rings. The number of hydrogen-bond acceptors (Lipinski definition) is 3. The molecule has 1 N–H and O–H groups in total. The standard InChI is InChI=1S/C12H27N.HNO2/c1-10(2,3)13(11(4,5)6)12(7,8)9;2-1-3/h1-9H3;(H,2,3). The van der Waals surface area contributed by atoms with Gasteiger partial charge in [-0.05, 0) is 62.3 Å². The Morgan fingerprint density at radius 3 is 0.875 bits per heavy atom. The summed E-state index contributed by atoms with van der Waals surface area (Å²) in [5.74, 6) is 0. The molecular formula is C12H28N2O2. The third-order valence-electron chi connectivity index (χ3n) is 2.01. The first kappa shape index (κ1) is 17.7. The van der Waals surface area contributed by atoms with Gasteiger partial charge in [-0.3, -0.25) is 4.90 Å². The van der Waals surface area contributed by atoms with E-state index in [1.807, 2.05) is 0 Å². The summed E-state index contributed by atoms with van der Waals surface area (Å²) in [7, 11) is 0. The van der Waals surface area contributed by atoms with Crippen molar-refractivity contribution in [3.8, 4) is 0 Å². The summed E-state index contributed by atoms with van der Waals surface area (Å²) in [6.07, 6.45) is 0. The quantitative estimate of drug-likeness (QED) is 0.510. The molecule has 0 saturated heterocycles. The highest BCUT2D eigenvalue weighted by molar-refractivity contribution is 4.94. The largest absolute Gasteiger partial charge is 0.379 e. The van der Waals surface area contributed by atoms with Gasteiger partial charge in [-0.1, -0.05) is 0 Å². The predicted octanol–water partition coefficient (Wildman–Crippen LogP) is 3.83. The van der Waals surface area contributed by atoms with Crippen LogP contribution in [0.1, 0.15) is 62.3 Å². The maximum absolute atomic E-state index is 8.11. The zero-order chi connectivity index (χ0) is 13.8. The summed E-state index contributed by atoms with van der Waals surface area (Å²) in [4.78, 5) is 10.7. The van der Waals surface area contributed by atoms with E-state index in [0.717, 1.165) is 0 Å². The van der Waals surface area contributed by atoms with Crippen LogP contribution < -0.4 is 0 Å². The summed E-state index contributed by atoms with van der Waals surface area (Å²) in [6, 6.07) is 0. The van der Waals surface area contributed by atoms with Gasteiger partial charge in [0, 0.05) is 16.6 Å². The Bertz CT molecular complexity index is 173. The lowest BCUT2D eigenvalue weighted by Gasteiger charge is -2.53. The van der Waals surface area contributed by atoms with Gasteiger partial charge in [-0.2, -0.15) is 0 Å². The minimum Gasteiger partial charge on any atom is -0.379 e. The van der Waals surface area contributed by atoms with Crippen molar-refractivity contribution < 1.29 is 5.21 Å². The molecule has 0 aromatic carbocycles. The fourth-order valence-electron chi connectivity index (χ4n) is 3.02. The summed E-state index contributed by atoms with van der Waals surface area (Å²) >= 11 is 0. The van der Waals surface area contributed by atoms with Crippen molar-refractivity contribution in [3.63, 3.8) is 0 Å². The molecule has 0 bridgehead atoms. The van der Waals surface area contributed by atoms with Gasteiger partial charge in [0.05, 0.1) is 0 Å². The first-order valence-corrected chi connectivity index (χ1v) is 5.55. The molecule has 0 spiro atoms. The molecule has 0 radical (unpaired) electrons. The van der Waals surface area contributed by atoms with Gasteiger partial charge in [-0.15, -0.1) is 4.91 Å². The topological polar surface area (TPSA) is 52.9 Å². The number of nitrogens with zero attached hydrogens (tertiary/aromatic N) is 2. The minimum absolute atomic E-state index is 0.219. The second-order valence-electron chi connectivity index (χ2n) is 6.93. The molecule has 0 saturated carbocycles. The zero-order valence-electron chi connectivity index (χ0n) is 12.2. The lowest BCUT2D eigenvalue weighted by molar-refractivity contribution is -0.0402. The smallest absolute Gasteiger partial charge is 0.152 e. The molecule has 0 aliphatic rings. The molecule has 0 aliphatic heterocycles. The van der Waals surface area contributed by atoms with Crippen molar-refractivity contribution >= 4 is 0 Å². The van der Waals surface area contributed by atoms with Crippen LogP contribution in [0.2, 0.25) is 0 Å². The minimum atomic E-state index is 0.219. The molecule has 16 heavy (non-hydrogen) atoms. The molecule has 0 amide bonds. The molecule has 0 rings (SSSR count). The highest BCUT2D eigenvalue weighted by atomic mass is 16.6. The van der Waals surface area contributed by atoms with Crippen LogP contribution in [-0.2, 0) is 0 Å². The average molecular weight is 232 g/mol. The maximum Gasteiger partial charge on any atom is 0.152 e. The molecule has 0 aromatic heterocycles. The fraction of sp³-hybridized carbons (Fsp3) is 1.00. The Hall–Kier alpha value is -0.640. The Kier molecular flexibility index (Phi) is 6.23. The van der Waals surface area contributed by atoms with Crippen LogP contribution in [-0.4, -0.2) is 26.7 Å². The Morgan fingerprint density at radius 1 is 0.750 bits per heavy atom. The summed E-state index contributed by atoms with van der Waals surface area (Å²) < 4.78 is 0. The lowest BCUT2D eigenvalue weighted by atomic mass is 9.88. The van der Waals surface area contributed by atoms with Crippen molar-refractivity contribution in [2.75, 3.05) is 0 Å². The normalized spacial score (nSPS) is 13.1. The number of hydrogen-bond donors (Lipinski definition) is 1. The monoisotopic (exact) mass is 232 g/mol. The Labute approximate surface area is 100.0 Å². The molecule has 0 unspecified atom stereocenters. The Morgan fingerprint density at radius 2 is 0.875 bits per heavy atom. The van der Waals surface area contributed by atoms with E-state index in [-0.39, 0.29) is 16.6 Å². The molecule has 0 atom stereocenters. The van der Waals surface area contributed by atoms with Gasteiger partial charge in [0.25, 0.3) is 0 Å². The van der Waals surface area contributed by atoms with E-state index in [9.17, 15) is 0 Å². The van der Waals surface area contributed by atoms with Crippen LogP contribution in [0.5, 0.6) is 0 Å². The van der Waals surface area contributed by atoms with Crippen LogP contribution >= 0.6 is 0 Å². The summed E-state index contributed by atoms with van der Waals surface area (Å²) in [6.45, 7) is 20.5. The van der Waals surface area contributed by atoms with Crippen LogP contribution in [0.25, 0.3) is 0 Å². The van der Waals surface area contributed by atoms with Crippen molar-refractivity contribution in [2.24, 2.45) is 5.34 Å². The third kappa shape index (κ3) is 6.77. The van der Waals surface area contributed by atoms with Crippen LogP contribution in [0, 0.1) is 4.91 Å². The van der Waals surface area contributed by atoms with Crippen molar-refractivity contribution in [2.45, 2.75) is 78.9 Å². The average Bonchev–Trinajstić information content (AvgIpc) is 1.74. The van der Waals surface area contributed by atoms with E-state index in [1.165, 1.54) is 5.34 Å². The molecular weight excluding hydrogens is 204 g/mol. The zero-order valence-corrected chi connectivity index (χ0v) is 12.2. The van der Waals surface area contributed by atoms with Crippen LogP contribution in [0.3, 0.4) is 0 Å². The van der Waals surface area contributed by atoms with Crippen LogP contribution in [0.15, 0.2) is 5.34 Å². The molecule has 0 aliphatic carbocycles. The fourth-order valence-corrected chi connectivity index (χ4v) is 3.02. The first-order chi connectivity index (χ1) is 6.78. The SMILES string of the molecule is CC(C)(C)N(C(C)(C)C)C(C)(C)C.O=NO. The van der Waals surface area contributed by atoms with Crippen molar-refractivity contribution in [3.05, 3.63) is 4.91 Å². The van der Waals surface area contributed by atoms with E-state index < -0.39 is 0 Å². The van der Waals surface area contributed by atoms with Gasteiger partial charge in [-0.25, -0.2) is 0 Å². The number of rotatable bonds is 0. The van der Waals surface area contributed by atoms with Gasteiger partial charge < -0.3 is 5.21 Å². The highest BCUT2D eigenvalue weighted by Gasteiger charge is 2.38. The molecule has 0 heterocycles. The summed E-state index contributed by atoms with van der Waals surface area (Å²) in [5, 5.41) is 7.89. The van der Waals surface area contributed by atoms with Crippen molar-refractivity contribution in [1.29, 1.82) is 0 Å². The maximum atomic E-state index is 8.11. The van der Waals surface area contributed by atoms with Crippen molar-refractivity contribution in [1.82, 2.24) is 4.90 Å². The third-order valence-corrected chi connectivity index (χ3v) is 2.01. The second-order valence-corrected chi connectivity index (χ2v) is 6.93. The lowest BCUT2D eigenvalue weighted by Crippen LogP contribution is -2.60. The van der Waals surface area contributed by atoms with E-state index in [1.54, 1.807) is 0 Å². The first-order valence-electron chi connectivity index (χ1n) is 5.55. The predicted molar refractivity (Wildman–Crippen MR) is 68.7 cm³/mol. The molecule has 4 heteroatoms. The van der Waals surface area contributed by atoms with E-state index >= 15 is 0 Å². The Balaban J connectivity index is 0. The molecule has 4 nitrogen and oxygen atoms in total. The van der Waals surface area contributed by atoms with E-state index in [0.29, 0.717) is 0 Å². The highest BCUT2D eigenvalue weighted by Crippen LogP contribution is 2.32. The van der Waals surface area contributed by atoms with Gasteiger partial charge in [0.1, 0.15) is 0 Å². The molecule has 98 valence electrons. The van der Waals surface area contributed by atoms with E-state index in [2.05, 4.69) is 67.2 Å². The van der Waals surface area contributed by atoms with Gasteiger partial charge in [0.15, 0.2) is 5.34 Å². The summed E-state index contributed by atoms with van der Waals surface area (Å²) in [5.41, 5.74) is 0.656. The van der Waals surface area contributed by atoms with Gasteiger partial charge in [0.2, 0.25) is 0 Å². The molecule has 0 fully saturated rings. The van der Waals surface area contributed by atoms with Gasteiger partial charge >= 0.3 is 0 Å².